The summed E-state index contributed by atoms with van der Waals surface area (Å²) in [7, 11) is 0. The molecule has 0 aromatic heterocycles. The van der Waals surface area contributed by atoms with Crippen LogP contribution in [-0.2, 0) is 4.79 Å². The molecule has 3 nitrogen and oxygen atoms in total. The summed E-state index contributed by atoms with van der Waals surface area (Å²) in [5, 5.41) is 6.87. The molecule has 100 valence electrons. The maximum Gasteiger partial charge on any atom is 0.221 e. The van der Waals surface area contributed by atoms with Gasteiger partial charge in [0, 0.05) is 24.0 Å². The van der Waals surface area contributed by atoms with E-state index in [2.05, 4.69) is 24.5 Å². The highest BCUT2D eigenvalue weighted by Crippen LogP contribution is 2.17. The second-order valence-electron chi connectivity index (χ2n) is 4.70. The van der Waals surface area contributed by atoms with Crippen LogP contribution in [0.4, 0.5) is 0 Å². The van der Waals surface area contributed by atoms with Gasteiger partial charge in [0.25, 0.3) is 0 Å². The summed E-state index contributed by atoms with van der Waals surface area (Å²) in [6, 6.07) is 7.94. The Labute approximate surface area is 114 Å². The van der Waals surface area contributed by atoms with Gasteiger partial charge in [-0.15, -0.1) is 0 Å². The maximum atomic E-state index is 11.7. The van der Waals surface area contributed by atoms with Gasteiger partial charge in [-0.3, -0.25) is 4.79 Å². The van der Waals surface area contributed by atoms with Crippen LogP contribution in [0.15, 0.2) is 24.3 Å². The van der Waals surface area contributed by atoms with Crippen LogP contribution in [0.3, 0.4) is 0 Å². The van der Waals surface area contributed by atoms with Crippen LogP contribution in [0.1, 0.15) is 38.8 Å². The zero-order valence-electron chi connectivity index (χ0n) is 11.2. The molecular formula is C14H21ClN2O. The molecule has 1 aromatic carbocycles. The van der Waals surface area contributed by atoms with Gasteiger partial charge in [0.15, 0.2) is 0 Å². The van der Waals surface area contributed by atoms with Crippen molar-refractivity contribution in [2.45, 2.75) is 39.3 Å². The third kappa shape index (κ3) is 5.52. The van der Waals surface area contributed by atoms with Crippen molar-refractivity contribution in [1.29, 1.82) is 0 Å². The maximum absolute atomic E-state index is 11.7. The average molecular weight is 269 g/mol. The van der Waals surface area contributed by atoms with Crippen molar-refractivity contribution >= 4 is 17.5 Å². The van der Waals surface area contributed by atoms with Gasteiger partial charge in [-0.1, -0.05) is 37.6 Å². The first-order valence-corrected chi connectivity index (χ1v) is 6.65. The molecule has 1 amide bonds. The number of hydrogen-bond acceptors (Lipinski definition) is 2. The topological polar surface area (TPSA) is 41.1 Å². The molecule has 2 N–H and O–H groups in total. The molecule has 1 aromatic rings. The Morgan fingerprint density at radius 3 is 2.67 bits per heavy atom. The summed E-state index contributed by atoms with van der Waals surface area (Å²) in [6.07, 6.45) is 0.489. The highest BCUT2D eigenvalue weighted by Gasteiger charge is 2.09. The molecule has 1 atom stereocenters. The van der Waals surface area contributed by atoms with Crippen molar-refractivity contribution in [3.63, 3.8) is 0 Å². The Bertz CT molecular complexity index is 393. The van der Waals surface area contributed by atoms with Crippen molar-refractivity contribution in [3.05, 3.63) is 34.9 Å². The molecule has 0 spiro atoms. The van der Waals surface area contributed by atoms with Crippen LogP contribution in [0.2, 0.25) is 5.02 Å². The fraction of sp³-hybridized carbons (Fsp3) is 0.500. The smallest absolute Gasteiger partial charge is 0.221 e. The molecule has 0 unspecified atom stereocenters. The van der Waals surface area contributed by atoms with Gasteiger partial charge < -0.3 is 10.6 Å². The van der Waals surface area contributed by atoms with Crippen LogP contribution in [0.25, 0.3) is 0 Å². The van der Waals surface area contributed by atoms with Crippen molar-refractivity contribution < 1.29 is 4.79 Å². The number of hydrogen-bond donors (Lipinski definition) is 2. The first kappa shape index (κ1) is 15.0. The van der Waals surface area contributed by atoms with Crippen molar-refractivity contribution in [2.24, 2.45) is 0 Å². The summed E-state index contributed by atoms with van der Waals surface area (Å²) in [5.74, 6) is 0.0515. The zero-order valence-corrected chi connectivity index (χ0v) is 11.9. The number of amides is 1. The van der Waals surface area contributed by atoms with E-state index in [1.807, 2.05) is 31.2 Å². The lowest BCUT2D eigenvalue weighted by molar-refractivity contribution is -0.121. The molecular weight excluding hydrogens is 248 g/mol. The molecule has 18 heavy (non-hydrogen) atoms. The minimum Gasteiger partial charge on any atom is -0.350 e. The van der Waals surface area contributed by atoms with Crippen LogP contribution in [-0.4, -0.2) is 18.5 Å². The fourth-order valence-corrected chi connectivity index (χ4v) is 1.85. The molecule has 0 aliphatic rings. The van der Waals surface area contributed by atoms with E-state index in [9.17, 15) is 4.79 Å². The summed E-state index contributed by atoms with van der Waals surface area (Å²) in [6.45, 7) is 6.78. The largest absolute Gasteiger partial charge is 0.350 e. The Hall–Kier alpha value is -1.06. The number of carbonyl (C=O) groups is 1. The predicted molar refractivity (Wildman–Crippen MR) is 75.8 cm³/mol. The average Bonchev–Trinajstić information content (AvgIpc) is 2.28. The van der Waals surface area contributed by atoms with E-state index in [0.29, 0.717) is 24.0 Å². The molecule has 0 saturated carbocycles. The Balaban J connectivity index is 2.40. The second-order valence-corrected chi connectivity index (χ2v) is 5.14. The van der Waals surface area contributed by atoms with Crippen LogP contribution in [0.5, 0.6) is 0 Å². The highest BCUT2D eigenvalue weighted by atomic mass is 35.5. The van der Waals surface area contributed by atoms with E-state index in [4.69, 9.17) is 11.6 Å². The molecule has 0 aliphatic heterocycles. The van der Waals surface area contributed by atoms with Crippen molar-refractivity contribution in [2.75, 3.05) is 6.54 Å². The third-order valence-electron chi connectivity index (χ3n) is 2.63. The van der Waals surface area contributed by atoms with Crippen LogP contribution >= 0.6 is 11.6 Å². The third-order valence-corrected chi connectivity index (χ3v) is 2.87. The summed E-state index contributed by atoms with van der Waals surface area (Å²) in [5.41, 5.74) is 1.02. The summed E-state index contributed by atoms with van der Waals surface area (Å²) < 4.78 is 0. The summed E-state index contributed by atoms with van der Waals surface area (Å²) >= 11 is 5.92. The van der Waals surface area contributed by atoms with Crippen molar-refractivity contribution in [1.82, 2.24) is 10.6 Å². The number of carbonyl (C=O) groups excluding carboxylic acids is 1. The molecule has 0 saturated heterocycles. The van der Waals surface area contributed by atoms with E-state index in [1.54, 1.807) is 0 Å². The molecule has 0 fully saturated rings. The lowest BCUT2D eigenvalue weighted by Gasteiger charge is -2.15. The van der Waals surface area contributed by atoms with E-state index in [-0.39, 0.29) is 11.9 Å². The van der Waals surface area contributed by atoms with Gasteiger partial charge in [-0.25, -0.2) is 0 Å². The fourth-order valence-electron chi connectivity index (χ4n) is 1.65. The number of rotatable bonds is 6. The summed E-state index contributed by atoms with van der Waals surface area (Å²) in [4.78, 5) is 11.7. The quantitative estimate of drug-likeness (QED) is 0.833. The van der Waals surface area contributed by atoms with E-state index in [1.165, 1.54) is 0 Å². The zero-order chi connectivity index (χ0) is 13.5. The van der Waals surface area contributed by atoms with E-state index < -0.39 is 0 Å². The number of nitrogens with one attached hydrogen (secondary N) is 2. The Kier molecular flexibility index (Phi) is 6.16. The molecule has 0 aliphatic carbocycles. The molecule has 0 heterocycles. The SMILES string of the molecule is CC(C)NCCC(=O)N[C@H](C)c1cccc(Cl)c1. The molecule has 0 radical (unpaired) electrons. The van der Waals surface area contributed by atoms with E-state index >= 15 is 0 Å². The molecule has 4 heteroatoms. The lowest BCUT2D eigenvalue weighted by Crippen LogP contribution is -2.31. The number of halogens is 1. The van der Waals surface area contributed by atoms with Gasteiger partial charge in [0.2, 0.25) is 5.91 Å². The van der Waals surface area contributed by atoms with Gasteiger partial charge >= 0.3 is 0 Å². The molecule has 1 rings (SSSR count). The van der Waals surface area contributed by atoms with Gasteiger partial charge in [0.1, 0.15) is 0 Å². The monoisotopic (exact) mass is 268 g/mol. The second kappa shape index (κ2) is 7.39. The van der Waals surface area contributed by atoms with Crippen LogP contribution < -0.4 is 10.6 Å². The van der Waals surface area contributed by atoms with Gasteiger partial charge in [-0.05, 0) is 24.6 Å². The predicted octanol–water partition coefficient (Wildman–Crippen LogP) is 2.91. The first-order chi connectivity index (χ1) is 8.49. The number of benzene rings is 1. The normalized spacial score (nSPS) is 12.5. The molecule has 0 bridgehead atoms. The highest BCUT2D eigenvalue weighted by molar-refractivity contribution is 6.30. The first-order valence-electron chi connectivity index (χ1n) is 6.27. The van der Waals surface area contributed by atoms with Gasteiger partial charge in [-0.2, -0.15) is 0 Å². The minimum atomic E-state index is -0.0183. The standard InChI is InChI=1S/C14H21ClN2O/c1-10(2)16-8-7-14(18)17-11(3)12-5-4-6-13(15)9-12/h4-6,9-11,16H,7-8H2,1-3H3,(H,17,18)/t11-/m1/s1. The van der Waals surface area contributed by atoms with Crippen LogP contribution in [0, 0.1) is 0 Å². The minimum absolute atomic E-state index is 0.0183. The van der Waals surface area contributed by atoms with Gasteiger partial charge in [0.05, 0.1) is 6.04 Å². The van der Waals surface area contributed by atoms with E-state index in [0.717, 1.165) is 5.56 Å². The van der Waals surface area contributed by atoms with Crippen molar-refractivity contribution in [3.8, 4) is 0 Å². The Morgan fingerprint density at radius 1 is 1.33 bits per heavy atom. The lowest BCUT2D eigenvalue weighted by atomic mass is 10.1. The Morgan fingerprint density at radius 2 is 2.06 bits per heavy atom.